The largest absolute Gasteiger partial charge is 0.396 e. The number of benzene rings is 1. The van der Waals surface area contributed by atoms with Gasteiger partial charge in [-0.25, -0.2) is 0 Å². The molecule has 0 bridgehead atoms. The maximum absolute atomic E-state index is 11.7. The molecule has 1 amide bonds. The number of aliphatic hydroxyl groups excluding tert-OH is 1. The standard InChI is InChI=1S/C15H20N2O2/c18-9-6-14(19)17-11-15(12-17)7-8-16(10-15)13-4-2-1-3-5-13/h1-5,18H,6-12H2. The van der Waals surface area contributed by atoms with Crippen molar-refractivity contribution >= 4 is 11.6 Å². The lowest BCUT2D eigenvalue weighted by Crippen LogP contribution is -2.59. The van der Waals surface area contributed by atoms with Gasteiger partial charge in [0.05, 0.1) is 6.61 Å². The third kappa shape index (κ3) is 2.32. The third-order valence-corrected chi connectivity index (χ3v) is 4.29. The van der Waals surface area contributed by atoms with Crippen LogP contribution in [0.25, 0.3) is 0 Å². The molecule has 2 aliphatic heterocycles. The molecule has 0 unspecified atom stereocenters. The minimum atomic E-state index is -0.0432. The predicted molar refractivity (Wildman–Crippen MR) is 74.0 cm³/mol. The van der Waals surface area contributed by atoms with Crippen LogP contribution in [0.15, 0.2) is 30.3 Å². The quantitative estimate of drug-likeness (QED) is 0.885. The summed E-state index contributed by atoms with van der Waals surface area (Å²) >= 11 is 0. The summed E-state index contributed by atoms with van der Waals surface area (Å²) < 4.78 is 0. The zero-order chi connectivity index (χ0) is 13.3. The molecule has 2 saturated heterocycles. The zero-order valence-corrected chi connectivity index (χ0v) is 11.1. The molecular formula is C15H20N2O2. The molecule has 4 nitrogen and oxygen atoms in total. The second kappa shape index (κ2) is 4.85. The van der Waals surface area contributed by atoms with Gasteiger partial charge in [-0.1, -0.05) is 18.2 Å². The normalized spacial score (nSPS) is 20.7. The van der Waals surface area contributed by atoms with Crippen LogP contribution in [0.2, 0.25) is 0 Å². The highest BCUT2D eigenvalue weighted by Gasteiger charge is 2.48. The van der Waals surface area contributed by atoms with Gasteiger partial charge in [0, 0.05) is 43.7 Å². The van der Waals surface area contributed by atoms with Gasteiger partial charge in [-0.3, -0.25) is 4.79 Å². The van der Waals surface area contributed by atoms with Crippen LogP contribution in [-0.2, 0) is 4.79 Å². The van der Waals surface area contributed by atoms with Crippen LogP contribution in [0, 0.1) is 5.41 Å². The highest BCUT2D eigenvalue weighted by atomic mass is 16.3. The molecule has 19 heavy (non-hydrogen) atoms. The number of aliphatic hydroxyl groups is 1. The molecule has 0 aliphatic carbocycles. The Morgan fingerprint density at radius 1 is 1.21 bits per heavy atom. The summed E-state index contributed by atoms with van der Waals surface area (Å²) in [6, 6.07) is 10.5. The van der Waals surface area contributed by atoms with Crippen LogP contribution < -0.4 is 4.90 Å². The maximum atomic E-state index is 11.7. The van der Waals surface area contributed by atoms with Crippen molar-refractivity contribution in [2.24, 2.45) is 5.41 Å². The van der Waals surface area contributed by atoms with E-state index in [2.05, 4.69) is 29.2 Å². The van der Waals surface area contributed by atoms with Crippen LogP contribution in [0.1, 0.15) is 12.8 Å². The minimum Gasteiger partial charge on any atom is -0.396 e. The van der Waals surface area contributed by atoms with Gasteiger partial charge in [0.1, 0.15) is 0 Å². The van der Waals surface area contributed by atoms with Crippen molar-refractivity contribution in [3.8, 4) is 0 Å². The molecule has 4 heteroatoms. The van der Waals surface area contributed by atoms with Crippen molar-refractivity contribution < 1.29 is 9.90 Å². The van der Waals surface area contributed by atoms with E-state index in [0.29, 0.717) is 5.41 Å². The van der Waals surface area contributed by atoms with E-state index in [9.17, 15) is 4.79 Å². The fourth-order valence-corrected chi connectivity index (χ4v) is 3.25. The van der Waals surface area contributed by atoms with E-state index in [1.165, 1.54) is 5.69 Å². The van der Waals surface area contributed by atoms with E-state index >= 15 is 0 Å². The fourth-order valence-electron chi connectivity index (χ4n) is 3.25. The molecule has 2 heterocycles. The average Bonchev–Trinajstić information content (AvgIpc) is 2.83. The second-order valence-electron chi connectivity index (χ2n) is 5.73. The number of hydrogen-bond donors (Lipinski definition) is 1. The lowest BCUT2D eigenvalue weighted by Gasteiger charge is -2.48. The zero-order valence-electron chi connectivity index (χ0n) is 11.1. The number of para-hydroxylation sites is 1. The Labute approximate surface area is 113 Å². The topological polar surface area (TPSA) is 43.8 Å². The van der Waals surface area contributed by atoms with E-state index in [4.69, 9.17) is 5.11 Å². The summed E-state index contributed by atoms with van der Waals surface area (Å²) in [5, 5.41) is 8.80. The summed E-state index contributed by atoms with van der Waals surface area (Å²) in [5.74, 6) is 0.0892. The average molecular weight is 260 g/mol. The molecule has 1 N–H and O–H groups in total. The van der Waals surface area contributed by atoms with Crippen molar-refractivity contribution in [3.63, 3.8) is 0 Å². The van der Waals surface area contributed by atoms with E-state index in [0.717, 1.165) is 32.6 Å². The van der Waals surface area contributed by atoms with E-state index in [1.807, 2.05) is 11.0 Å². The van der Waals surface area contributed by atoms with Crippen LogP contribution >= 0.6 is 0 Å². The molecule has 0 saturated carbocycles. The van der Waals surface area contributed by atoms with Crippen molar-refractivity contribution in [2.45, 2.75) is 12.8 Å². The first kappa shape index (κ1) is 12.5. The number of likely N-dealkylation sites (tertiary alicyclic amines) is 1. The Bertz CT molecular complexity index is 454. The molecule has 2 fully saturated rings. The molecule has 1 aromatic carbocycles. The number of anilines is 1. The van der Waals surface area contributed by atoms with Crippen molar-refractivity contribution in [3.05, 3.63) is 30.3 Å². The number of amides is 1. The van der Waals surface area contributed by atoms with Crippen molar-refractivity contribution in [1.29, 1.82) is 0 Å². The van der Waals surface area contributed by atoms with Crippen molar-refractivity contribution in [2.75, 3.05) is 37.7 Å². The molecule has 0 aromatic heterocycles. The van der Waals surface area contributed by atoms with Gasteiger partial charge >= 0.3 is 0 Å². The minimum absolute atomic E-state index is 0.0432. The third-order valence-electron chi connectivity index (χ3n) is 4.29. The monoisotopic (exact) mass is 260 g/mol. The lowest BCUT2D eigenvalue weighted by molar-refractivity contribution is -0.142. The molecule has 3 rings (SSSR count). The Hall–Kier alpha value is -1.55. The van der Waals surface area contributed by atoms with E-state index in [-0.39, 0.29) is 18.9 Å². The summed E-state index contributed by atoms with van der Waals surface area (Å²) in [6.07, 6.45) is 1.42. The second-order valence-corrected chi connectivity index (χ2v) is 5.73. The Balaban J connectivity index is 1.58. The molecule has 1 aromatic rings. The Morgan fingerprint density at radius 3 is 2.63 bits per heavy atom. The maximum Gasteiger partial charge on any atom is 0.224 e. The van der Waals surface area contributed by atoms with Crippen LogP contribution in [0.5, 0.6) is 0 Å². The lowest BCUT2D eigenvalue weighted by atomic mass is 9.79. The van der Waals surface area contributed by atoms with Gasteiger partial charge in [-0.2, -0.15) is 0 Å². The molecular weight excluding hydrogens is 240 g/mol. The summed E-state index contributed by atoms with van der Waals surface area (Å²) in [4.78, 5) is 16.0. The molecule has 102 valence electrons. The van der Waals surface area contributed by atoms with E-state index < -0.39 is 0 Å². The summed E-state index contributed by atoms with van der Waals surface area (Å²) in [7, 11) is 0. The highest BCUT2D eigenvalue weighted by molar-refractivity contribution is 5.77. The van der Waals surface area contributed by atoms with E-state index in [1.54, 1.807) is 0 Å². The number of rotatable bonds is 3. The number of hydrogen-bond acceptors (Lipinski definition) is 3. The van der Waals surface area contributed by atoms with Crippen LogP contribution in [0.3, 0.4) is 0 Å². The first-order valence-electron chi connectivity index (χ1n) is 6.91. The number of carbonyl (C=O) groups excluding carboxylic acids is 1. The van der Waals surface area contributed by atoms with Crippen LogP contribution in [-0.4, -0.2) is 48.7 Å². The first-order valence-corrected chi connectivity index (χ1v) is 6.91. The van der Waals surface area contributed by atoms with Gasteiger partial charge < -0.3 is 14.9 Å². The smallest absolute Gasteiger partial charge is 0.224 e. The Morgan fingerprint density at radius 2 is 1.95 bits per heavy atom. The first-order chi connectivity index (χ1) is 9.22. The highest BCUT2D eigenvalue weighted by Crippen LogP contribution is 2.41. The van der Waals surface area contributed by atoms with Gasteiger partial charge in [-0.05, 0) is 18.6 Å². The molecule has 1 spiro atoms. The predicted octanol–water partition coefficient (Wildman–Crippen LogP) is 1.11. The van der Waals surface area contributed by atoms with Gasteiger partial charge in [0.15, 0.2) is 0 Å². The summed E-state index contributed by atoms with van der Waals surface area (Å²) in [6.45, 7) is 3.79. The van der Waals surface area contributed by atoms with Gasteiger partial charge in [-0.15, -0.1) is 0 Å². The number of nitrogens with zero attached hydrogens (tertiary/aromatic N) is 2. The van der Waals surface area contributed by atoms with Crippen molar-refractivity contribution in [1.82, 2.24) is 4.90 Å². The Kier molecular flexibility index (Phi) is 3.19. The molecule has 0 atom stereocenters. The van der Waals surface area contributed by atoms with Gasteiger partial charge in [0.2, 0.25) is 5.91 Å². The van der Waals surface area contributed by atoms with Gasteiger partial charge in [0.25, 0.3) is 0 Å². The van der Waals surface area contributed by atoms with Crippen LogP contribution in [0.4, 0.5) is 5.69 Å². The summed E-state index contributed by atoms with van der Waals surface area (Å²) in [5.41, 5.74) is 1.57. The molecule has 2 aliphatic rings. The SMILES string of the molecule is O=C(CCO)N1CC2(CCN(c3ccccc3)C2)C1. The number of carbonyl (C=O) groups is 1. The molecule has 0 radical (unpaired) electrons. The fraction of sp³-hybridized carbons (Fsp3) is 0.533.